The van der Waals surface area contributed by atoms with Gasteiger partial charge in [0, 0.05) is 80.5 Å². The van der Waals surface area contributed by atoms with Crippen molar-refractivity contribution in [1.82, 2.24) is 29.9 Å². The Morgan fingerprint density at radius 1 is 0.480 bits per heavy atom. The third kappa shape index (κ3) is 8.81. The zero-order valence-corrected chi connectivity index (χ0v) is 29.8. The minimum Gasteiger partial charge on any atom is -0.347 e. The van der Waals surface area contributed by atoms with Gasteiger partial charge in [-0.3, -0.25) is 0 Å². The third-order valence-corrected chi connectivity index (χ3v) is 8.01. The molecule has 3 heterocycles. The number of nitrogens with zero attached hydrogens (tertiary/aromatic N) is 12. The van der Waals surface area contributed by atoms with E-state index in [0.717, 1.165) is 22.3 Å². The topological polar surface area (TPSA) is 96.8 Å². The molecule has 8 bridgehead atoms. The molecule has 0 spiro atoms. The Bertz CT molecular complexity index is 1560. The molecule has 0 radical (unpaired) electrons. The van der Waals surface area contributed by atoms with Gasteiger partial charge in [0.15, 0.2) is 0 Å². The molecule has 0 amide bonds. The first-order valence-corrected chi connectivity index (χ1v) is 16.7. The Morgan fingerprint density at radius 2 is 0.740 bits per heavy atom. The van der Waals surface area contributed by atoms with Crippen molar-refractivity contribution in [2.45, 2.75) is 26.2 Å². The Kier molecular flexibility index (Phi) is 11.8. The lowest BCUT2D eigenvalue weighted by Crippen LogP contribution is -2.31. The highest BCUT2D eigenvalue weighted by Gasteiger charge is 2.21. The van der Waals surface area contributed by atoms with E-state index in [4.69, 9.17) is 29.9 Å². The lowest BCUT2D eigenvalue weighted by Gasteiger charge is -2.28. The molecule has 0 saturated carbocycles. The van der Waals surface area contributed by atoms with E-state index in [1.54, 1.807) is 0 Å². The summed E-state index contributed by atoms with van der Waals surface area (Å²) in [5, 5.41) is 0. The summed E-state index contributed by atoms with van der Waals surface area (Å²) in [5.41, 5.74) is 4.42. The van der Waals surface area contributed by atoms with Crippen LogP contribution in [0.4, 0.5) is 35.7 Å². The first kappa shape index (κ1) is 35.5. The maximum absolute atomic E-state index is 5.04. The van der Waals surface area contributed by atoms with E-state index in [2.05, 4.69) is 94.4 Å². The van der Waals surface area contributed by atoms with Crippen LogP contribution in [0.2, 0.25) is 0 Å². The molecule has 0 saturated heterocycles. The van der Waals surface area contributed by atoms with E-state index in [0.29, 0.717) is 88.0 Å². The Hall–Kier alpha value is -5.78. The molecule has 12 nitrogen and oxygen atoms in total. The second kappa shape index (κ2) is 16.6. The van der Waals surface area contributed by atoms with Crippen LogP contribution in [0.1, 0.15) is 22.3 Å². The van der Waals surface area contributed by atoms with Crippen molar-refractivity contribution in [2.75, 3.05) is 83.8 Å². The molecular formula is C38H48N12. The minimum atomic E-state index is 0.550. The van der Waals surface area contributed by atoms with Crippen LogP contribution in [0, 0.1) is 0 Å². The molecule has 1 aliphatic rings. The lowest BCUT2D eigenvalue weighted by atomic mass is 10.1. The van der Waals surface area contributed by atoms with Crippen molar-refractivity contribution >= 4 is 35.7 Å². The van der Waals surface area contributed by atoms with E-state index in [1.807, 2.05) is 62.3 Å². The number of benzene rings is 2. The molecule has 0 N–H and O–H groups in total. The van der Waals surface area contributed by atoms with Crippen LogP contribution in [0.3, 0.4) is 0 Å². The average Bonchev–Trinajstić information content (AvgIpc) is 3.10. The maximum atomic E-state index is 5.04. The molecule has 1 aliphatic heterocycles. The Morgan fingerprint density at radius 3 is 0.960 bits per heavy atom. The van der Waals surface area contributed by atoms with E-state index < -0.39 is 0 Å². The van der Waals surface area contributed by atoms with Gasteiger partial charge in [-0.25, -0.2) is 0 Å². The number of rotatable bonds is 10. The zero-order chi connectivity index (χ0) is 35.6. The van der Waals surface area contributed by atoms with Gasteiger partial charge in [0.25, 0.3) is 0 Å². The van der Waals surface area contributed by atoms with Crippen molar-refractivity contribution in [2.24, 2.45) is 0 Å². The first-order chi connectivity index (χ1) is 24.2. The number of anilines is 6. The molecule has 2 aromatic carbocycles. The van der Waals surface area contributed by atoms with Crippen LogP contribution in [0.15, 0.2) is 99.2 Å². The molecule has 0 unspecified atom stereocenters. The molecular weight excluding hydrogens is 625 g/mol. The smallest absolute Gasteiger partial charge is 0.232 e. The average molecular weight is 673 g/mol. The van der Waals surface area contributed by atoms with Gasteiger partial charge in [0.2, 0.25) is 35.7 Å². The maximum Gasteiger partial charge on any atom is 0.232 e. The normalized spacial score (nSPS) is 13.4. The van der Waals surface area contributed by atoms with E-state index >= 15 is 0 Å². The summed E-state index contributed by atoms with van der Waals surface area (Å²) in [5.74, 6) is 3.44. The SMILES string of the molecule is C=CCN1Cc2cccc(c2)CN(CC=C)c2nc(N(C)C)nc(n2)N(CC=C)Cc2cccc(c2)CN(CC=C)c2nc(N(C)C)nc1n2. The van der Waals surface area contributed by atoms with Gasteiger partial charge in [0.1, 0.15) is 0 Å². The summed E-state index contributed by atoms with van der Waals surface area (Å²) < 4.78 is 0. The lowest BCUT2D eigenvalue weighted by molar-refractivity contribution is 0.758. The van der Waals surface area contributed by atoms with Crippen LogP contribution in [-0.4, -0.2) is 84.3 Å². The third-order valence-electron chi connectivity index (χ3n) is 8.01. The van der Waals surface area contributed by atoms with Gasteiger partial charge >= 0.3 is 0 Å². The highest BCUT2D eigenvalue weighted by Crippen LogP contribution is 2.25. The monoisotopic (exact) mass is 672 g/mol. The molecule has 0 fully saturated rings. The molecule has 12 heteroatoms. The van der Waals surface area contributed by atoms with Crippen LogP contribution in [0.25, 0.3) is 0 Å². The van der Waals surface area contributed by atoms with E-state index in [1.165, 1.54) is 0 Å². The van der Waals surface area contributed by atoms with E-state index in [9.17, 15) is 0 Å². The van der Waals surface area contributed by atoms with Crippen molar-refractivity contribution in [1.29, 1.82) is 0 Å². The number of fused-ring (bicyclic) bond motifs is 8. The van der Waals surface area contributed by atoms with Gasteiger partial charge < -0.3 is 29.4 Å². The fourth-order valence-electron chi connectivity index (χ4n) is 5.68. The van der Waals surface area contributed by atoms with Gasteiger partial charge in [-0.2, -0.15) is 29.9 Å². The van der Waals surface area contributed by atoms with Gasteiger partial charge in [0.05, 0.1) is 0 Å². The number of hydrogen-bond donors (Lipinski definition) is 0. The fraction of sp³-hybridized carbons (Fsp3) is 0.316. The Labute approximate surface area is 296 Å². The summed E-state index contributed by atoms with van der Waals surface area (Å²) in [6, 6.07) is 17.0. The number of hydrogen-bond acceptors (Lipinski definition) is 12. The molecule has 0 atom stereocenters. The van der Waals surface area contributed by atoms with Crippen molar-refractivity contribution in [3.8, 4) is 0 Å². The van der Waals surface area contributed by atoms with Crippen molar-refractivity contribution < 1.29 is 0 Å². The highest BCUT2D eigenvalue weighted by atomic mass is 15.4. The molecule has 4 aromatic rings. The summed E-state index contributed by atoms with van der Waals surface area (Å²) in [4.78, 5) is 41.9. The summed E-state index contributed by atoms with van der Waals surface area (Å²) in [6.07, 6.45) is 7.49. The highest BCUT2D eigenvalue weighted by molar-refractivity contribution is 5.50. The quantitative estimate of drug-likeness (QED) is 0.205. The summed E-state index contributed by atoms with van der Waals surface area (Å²) >= 11 is 0. The predicted molar refractivity (Wildman–Crippen MR) is 206 cm³/mol. The van der Waals surface area contributed by atoms with Crippen LogP contribution in [0.5, 0.6) is 0 Å². The van der Waals surface area contributed by atoms with Crippen LogP contribution in [-0.2, 0) is 26.2 Å². The van der Waals surface area contributed by atoms with Gasteiger partial charge in [-0.15, -0.1) is 26.3 Å². The summed E-state index contributed by atoms with van der Waals surface area (Å²) in [6.45, 7) is 20.6. The molecule has 50 heavy (non-hydrogen) atoms. The van der Waals surface area contributed by atoms with Crippen molar-refractivity contribution in [3.05, 3.63) is 121 Å². The van der Waals surface area contributed by atoms with Crippen LogP contribution >= 0.6 is 0 Å². The predicted octanol–water partition coefficient (Wildman–Crippen LogP) is 5.27. The van der Waals surface area contributed by atoms with Gasteiger partial charge in [-0.1, -0.05) is 72.8 Å². The van der Waals surface area contributed by atoms with Gasteiger partial charge in [-0.05, 0) is 22.3 Å². The zero-order valence-electron chi connectivity index (χ0n) is 29.8. The largest absolute Gasteiger partial charge is 0.347 e. The number of aromatic nitrogens is 6. The molecule has 5 rings (SSSR count). The first-order valence-electron chi connectivity index (χ1n) is 16.7. The molecule has 2 aromatic heterocycles. The van der Waals surface area contributed by atoms with E-state index in [-0.39, 0.29) is 0 Å². The fourth-order valence-corrected chi connectivity index (χ4v) is 5.68. The van der Waals surface area contributed by atoms with Crippen LogP contribution < -0.4 is 29.4 Å². The second-order valence-electron chi connectivity index (χ2n) is 12.6. The molecule has 260 valence electrons. The summed E-state index contributed by atoms with van der Waals surface area (Å²) in [7, 11) is 7.76. The Balaban J connectivity index is 1.70. The van der Waals surface area contributed by atoms with Crippen molar-refractivity contribution in [3.63, 3.8) is 0 Å². The standard InChI is InChI=1S/C38H48N12/c1-9-19-47-25-29-15-13-16-30(23-29)26-49(21-11-3)37-41-34(46(7)8)42-38(44-37)50(22-12-4)28-32-18-14-17-31(24-32)27-48(20-10-2)36-40-33(45(5)6)39-35(47)43-36/h9-18,23-24H,1-4,19-22,25-28H2,5-8H3. The molecule has 0 aliphatic carbocycles. The minimum absolute atomic E-state index is 0.550. The second-order valence-corrected chi connectivity index (χ2v) is 12.6.